The molecule has 16 heavy (non-hydrogen) atoms. The Balaban J connectivity index is 2.68. The third-order valence-electron chi connectivity index (χ3n) is 2.46. The highest BCUT2D eigenvalue weighted by atomic mass is 32.2. The molecule has 0 saturated heterocycles. The Morgan fingerprint density at radius 1 is 1.38 bits per heavy atom. The van der Waals surface area contributed by atoms with Crippen molar-refractivity contribution >= 4 is 16.1 Å². The van der Waals surface area contributed by atoms with Crippen LogP contribution in [0.1, 0.15) is 31.1 Å². The highest BCUT2D eigenvalue weighted by molar-refractivity contribution is 7.92. The summed E-state index contributed by atoms with van der Waals surface area (Å²) in [6.45, 7) is 5.45. The van der Waals surface area contributed by atoms with Gasteiger partial charge in [-0.15, -0.1) is 0 Å². The zero-order valence-electron chi connectivity index (χ0n) is 9.80. The average molecular weight is 243 g/mol. The number of rotatable bonds is 4. The molecular weight excluding hydrogens is 226 g/mol. The fourth-order valence-electron chi connectivity index (χ4n) is 1.20. The normalized spacial score (nSPS) is 12.7. The van der Waals surface area contributed by atoms with E-state index in [0.29, 0.717) is 12.1 Å². The molecule has 1 aromatic heterocycles. The Bertz CT molecular complexity index is 466. The summed E-state index contributed by atoms with van der Waals surface area (Å²) in [4.78, 5) is 10.4. The first kappa shape index (κ1) is 13.0. The molecule has 0 aliphatic heterocycles. The second-order valence-corrected chi connectivity index (χ2v) is 7.59. The number of aldehydes is 1. The number of hydrogen-bond donors (Lipinski definition) is 0. The summed E-state index contributed by atoms with van der Waals surface area (Å²) in [7, 11) is -3.10. The quantitative estimate of drug-likeness (QED) is 0.753. The number of carbonyl (C=O) groups is 1. The van der Waals surface area contributed by atoms with Gasteiger partial charge in [-0.2, -0.15) is 0 Å². The van der Waals surface area contributed by atoms with Gasteiger partial charge in [-0.25, -0.2) is 8.42 Å². The molecule has 0 aliphatic rings. The summed E-state index contributed by atoms with van der Waals surface area (Å²) in [6, 6.07) is 1.66. The second kappa shape index (κ2) is 4.41. The number of sulfone groups is 1. The molecule has 0 radical (unpaired) electrons. The number of aromatic nitrogens is 1. The maximum absolute atomic E-state index is 11.8. The Hall–Kier alpha value is -1.10. The predicted molar refractivity (Wildman–Crippen MR) is 63.4 cm³/mol. The van der Waals surface area contributed by atoms with Crippen molar-refractivity contribution in [2.75, 3.05) is 5.75 Å². The van der Waals surface area contributed by atoms with Crippen molar-refractivity contribution in [3.05, 3.63) is 24.0 Å². The molecule has 0 fully saturated rings. The number of aryl methyl sites for hydroxylation is 1. The molecule has 0 atom stereocenters. The van der Waals surface area contributed by atoms with Crippen LogP contribution < -0.4 is 0 Å². The van der Waals surface area contributed by atoms with Gasteiger partial charge in [-0.1, -0.05) is 0 Å². The van der Waals surface area contributed by atoms with E-state index in [1.807, 2.05) is 0 Å². The van der Waals surface area contributed by atoms with Crippen molar-refractivity contribution < 1.29 is 13.2 Å². The van der Waals surface area contributed by atoms with E-state index in [1.165, 1.54) is 0 Å². The summed E-state index contributed by atoms with van der Waals surface area (Å²) >= 11 is 0. The van der Waals surface area contributed by atoms with Gasteiger partial charge < -0.3 is 4.57 Å². The minimum atomic E-state index is -3.10. The van der Waals surface area contributed by atoms with Gasteiger partial charge in [0.2, 0.25) is 0 Å². The van der Waals surface area contributed by atoms with Gasteiger partial charge in [0, 0.05) is 24.5 Å². The van der Waals surface area contributed by atoms with Crippen LogP contribution in [0.4, 0.5) is 0 Å². The molecule has 5 heteroatoms. The van der Waals surface area contributed by atoms with E-state index in [1.54, 1.807) is 43.8 Å². The maximum atomic E-state index is 11.8. The number of carbonyl (C=O) groups excluding carboxylic acids is 1. The molecule has 0 aliphatic carbocycles. The van der Waals surface area contributed by atoms with Crippen LogP contribution in [0.2, 0.25) is 0 Å². The zero-order chi connectivity index (χ0) is 12.4. The van der Waals surface area contributed by atoms with Crippen molar-refractivity contribution in [2.24, 2.45) is 0 Å². The van der Waals surface area contributed by atoms with Crippen molar-refractivity contribution in [1.29, 1.82) is 0 Å². The van der Waals surface area contributed by atoms with E-state index in [-0.39, 0.29) is 5.75 Å². The largest absolute Gasteiger partial charge is 0.353 e. The monoisotopic (exact) mass is 243 g/mol. The fraction of sp³-hybridized carbons (Fsp3) is 0.545. The van der Waals surface area contributed by atoms with Gasteiger partial charge in [0.05, 0.1) is 10.5 Å². The van der Waals surface area contributed by atoms with Gasteiger partial charge in [0.1, 0.15) is 0 Å². The Labute approximate surface area is 96.2 Å². The summed E-state index contributed by atoms with van der Waals surface area (Å²) in [5, 5.41) is 0. The Morgan fingerprint density at radius 3 is 2.44 bits per heavy atom. The van der Waals surface area contributed by atoms with Crippen LogP contribution in [0.15, 0.2) is 18.5 Å². The zero-order valence-corrected chi connectivity index (χ0v) is 10.6. The fourth-order valence-corrected chi connectivity index (χ4v) is 2.26. The summed E-state index contributed by atoms with van der Waals surface area (Å²) in [5.74, 6) is 0.0868. The molecular formula is C11H17NO3S. The first-order chi connectivity index (χ1) is 7.26. The van der Waals surface area contributed by atoms with Gasteiger partial charge in [-0.05, 0) is 26.8 Å². The maximum Gasteiger partial charge on any atom is 0.156 e. The van der Waals surface area contributed by atoms with E-state index in [2.05, 4.69) is 0 Å². The van der Waals surface area contributed by atoms with Crippen molar-refractivity contribution in [1.82, 2.24) is 4.57 Å². The summed E-state index contributed by atoms with van der Waals surface area (Å²) in [5.41, 5.74) is 0.563. The van der Waals surface area contributed by atoms with Gasteiger partial charge in [0.15, 0.2) is 16.1 Å². The molecule has 1 heterocycles. The van der Waals surface area contributed by atoms with Crippen LogP contribution >= 0.6 is 0 Å². The van der Waals surface area contributed by atoms with Gasteiger partial charge in [0.25, 0.3) is 0 Å². The predicted octanol–water partition coefficient (Wildman–Crippen LogP) is 1.51. The van der Waals surface area contributed by atoms with E-state index in [4.69, 9.17) is 0 Å². The number of hydrogen-bond acceptors (Lipinski definition) is 3. The van der Waals surface area contributed by atoms with Crippen LogP contribution in [0, 0.1) is 0 Å². The SMILES string of the molecule is CC(C)(C)S(=O)(=O)CCn1ccc(C=O)c1. The minimum absolute atomic E-state index is 0.0868. The third kappa shape index (κ3) is 2.95. The second-order valence-electron chi connectivity index (χ2n) is 4.73. The Kier molecular flexibility index (Phi) is 3.57. The third-order valence-corrected chi connectivity index (χ3v) is 5.05. The van der Waals surface area contributed by atoms with Crippen LogP contribution in [0.5, 0.6) is 0 Å². The van der Waals surface area contributed by atoms with Crippen LogP contribution in [0.3, 0.4) is 0 Å². The van der Waals surface area contributed by atoms with Crippen molar-refractivity contribution in [3.8, 4) is 0 Å². The summed E-state index contributed by atoms with van der Waals surface area (Å²) < 4.78 is 24.6. The molecule has 1 aromatic rings. The lowest BCUT2D eigenvalue weighted by molar-refractivity contribution is 0.112. The molecule has 0 bridgehead atoms. The van der Waals surface area contributed by atoms with E-state index in [0.717, 1.165) is 6.29 Å². The molecule has 0 saturated carbocycles. The van der Waals surface area contributed by atoms with Crippen LogP contribution in [0.25, 0.3) is 0 Å². The van der Waals surface area contributed by atoms with Crippen molar-refractivity contribution in [2.45, 2.75) is 32.1 Å². The van der Waals surface area contributed by atoms with Crippen LogP contribution in [-0.2, 0) is 16.4 Å². The number of nitrogens with zero attached hydrogens (tertiary/aromatic N) is 1. The minimum Gasteiger partial charge on any atom is -0.353 e. The first-order valence-electron chi connectivity index (χ1n) is 5.09. The summed E-state index contributed by atoms with van der Waals surface area (Å²) in [6.07, 6.45) is 4.10. The molecule has 0 N–H and O–H groups in total. The van der Waals surface area contributed by atoms with Crippen LogP contribution in [-0.4, -0.2) is 29.8 Å². The van der Waals surface area contributed by atoms with Gasteiger partial charge >= 0.3 is 0 Å². The van der Waals surface area contributed by atoms with E-state index < -0.39 is 14.6 Å². The van der Waals surface area contributed by atoms with E-state index >= 15 is 0 Å². The van der Waals surface area contributed by atoms with Gasteiger partial charge in [-0.3, -0.25) is 4.79 Å². The van der Waals surface area contributed by atoms with E-state index in [9.17, 15) is 13.2 Å². The molecule has 0 aromatic carbocycles. The molecule has 90 valence electrons. The lowest BCUT2D eigenvalue weighted by atomic mass is 10.3. The smallest absolute Gasteiger partial charge is 0.156 e. The highest BCUT2D eigenvalue weighted by Gasteiger charge is 2.28. The lowest BCUT2D eigenvalue weighted by Crippen LogP contribution is -2.31. The molecule has 4 nitrogen and oxygen atoms in total. The highest BCUT2D eigenvalue weighted by Crippen LogP contribution is 2.16. The Morgan fingerprint density at radius 2 is 2.00 bits per heavy atom. The molecule has 0 unspecified atom stereocenters. The lowest BCUT2D eigenvalue weighted by Gasteiger charge is -2.19. The average Bonchev–Trinajstić information content (AvgIpc) is 2.60. The van der Waals surface area contributed by atoms with Crippen molar-refractivity contribution in [3.63, 3.8) is 0 Å². The molecule has 0 amide bonds. The topological polar surface area (TPSA) is 56.1 Å². The standard InChI is InChI=1S/C11H17NO3S/c1-11(2,3)16(14,15)7-6-12-5-4-10(8-12)9-13/h4-5,8-9H,6-7H2,1-3H3. The molecule has 1 rings (SSSR count). The first-order valence-corrected chi connectivity index (χ1v) is 6.75. The molecule has 0 spiro atoms.